The number of aromatic nitrogens is 2. The van der Waals surface area contributed by atoms with Crippen molar-refractivity contribution in [2.45, 2.75) is 52.0 Å². The molecule has 100 valence electrons. The van der Waals surface area contributed by atoms with Crippen molar-refractivity contribution >= 4 is 5.95 Å². The Balaban J connectivity index is 1.87. The first kappa shape index (κ1) is 13.1. The van der Waals surface area contributed by atoms with Gasteiger partial charge in [-0.2, -0.15) is 4.98 Å². The summed E-state index contributed by atoms with van der Waals surface area (Å²) >= 11 is 0. The van der Waals surface area contributed by atoms with Crippen LogP contribution in [-0.2, 0) is 0 Å². The maximum atomic E-state index is 5.38. The number of hydrogen-bond donors (Lipinski definition) is 1. The van der Waals surface area contributed by atoms with Gasteiger partial charge in [0.1, 0.15) is 0 Å². The molecule has 1 fully saturated rings. The molecule has 1 heterocycles. The molecule has 1 aromatic heterocycles. The van der Waals surface area contributed by atoms with Crippen molar-refractivity contribution in [1.82, 2.24) is 9.97 Å². The highest BCUT2D eigenvalue weighted by Crippen LogP contribution is 2.27. The van der Waals surface area contributed by atoms with Gasteiger partial charge in [-0.3, -0.25) is 0 Å². The van der Waals surface area contributed by atoms with Crippen LogP contribution in [0, 0.1) is 5.92 Å². The molecule has 0 aliphatic heterocycles. The summed E-state index contributed by atoms with van der Waals surface area (Å²) in [6, 6.07) is 2.31. The smallest absolute Gasteiger partial charge is 0.226 e. The minimum Gasteiger partial charge on any atom is -0.478 e. The summed E-state index contributed by atoms with van der Waals surface area (Å²) in [7, 11) is 0. The molecule has 1 N–H and O–H groups in total. The van der Waals surface area contributed by atoms with Crippen molar-refractivity contribution in [3.63, 3.8) is 0 Å². The average Bonchev–Trinajstić information content (AvgIpc) is 2.40. The monoisotopic (exact) mass is 249 g/mol. The van der Waals surface area contributed by atoms with Gasteiger partial charge < -0.3 is 10.1 Å². The molecule has 1 aliphatic rings. The van der Waals surface area contributed by atoms with E-state index in [0.717, 1.165) is 5.92 Å². The van der Waals surface area contributed by atoms with Gasteiger partial charge in [0.15, 0.2) is 0 Å². The minimum atomic E-state index is 0.518. The lowest BCUT2D eigenvalue weighted by atomic mass is 9.85. The molecule has 0 radical (unpaired) electrons. The minimum absolute atomic E-state index is 0.518. The lowest BCUT2D eigenvalue weighted by molar-refractivity contribution is 0.322. The molecule has 0 amide bonds. The maximum absolute atomic E-state index is 5.38. The Hall–Kier alpha value is -1.32. The zero-order valence-electron chi connectivity index (χ0n) is 11.4. The molecule has 4 nitrogen and oxygen atoms in total. The van der Waals surface area contributed by atoms with Gasteiger partial charge >= 0.3 is 0 Å². The molecule has 0 saturated heterocycles. The molecular formula is C14H23N3O. The van der Waals surface area contributed by atoms with Gasteiger partial charge in [0, 0.05) is 18.3 Å². The van der Waals surface area contributed by atoms with Crippen LogP contribution >= 0.6 is 0 Å². The summed E-state index contributed by atoms with van der Waals surface area (Å²) < 4.78 is 5.38. The van der Waals surface area contributed by atoms with E-state index in [1.165, 1.54) is 32.1 Å². The average molecular weight is 249 g/mol. The van der Waals surface area contributed by atoms with E-state index in [1.54, 1.807) is 12.3 Å². The van der Waals surface area contributed by atoms with Gasteiger partial charge in [0.25, 0.3) is 0 Å². The molecule has 4 heteroatoms. The number of anilines is 1. The summed E-state index contributed by atoms with van der Waals surface area (Å²) in [5, 5.41) is 3.42. The van der Waals surface area contributed by atoms with Gasteiger partial charge in [-0.25, -0.2) is 4.98 Å². The second kappa shape index (κ2) is 6.57. The van der Waals surface area contributed by atoms with Gasteiger partial charge in [-0.05, 0) is 38.5 Å². The summed E-state index contributed by atoms with van der Waals surface area (Å²) in [6.45, 7) is 4.88. The fourth-order valence-electron chi connectivity index (χ4n) is 2.54. The number of rotatable bonds is 5. The van der Waals surface area contributed by atoms with E-state index in [-0.39, 0.29) is 0 Å². The van der Waals surface area contributed by atoms with E-state index in [9.17, 15) is 0 Å². The molecule has 2 rings (SSSR count). The molecule has 18 heavy (non-hydrogen) atoms. The lowest BCUT2D eigenvalue weighted by Crippen LogP contribution is -2.26. The summed E-state index contributed by atoms with van der Waals surface area (Å²) in [5.74, 6) is 2.26. The zero-order chi connectivity index (χ0) is 12.8. The fraction of sp³-hybridized carbons (Fsp3) is 0.714. The third-order valence-electron chi connectivity index (χ3n) is 3.68. The number of nitrogens with zero attached hydrogens (tertiary/aromatic N) is 2. The molecule has 1 aliphatic carbocycles. The summed E-state index contributed by atoms with van der Waals surface area (Å²) in [5.41, 5.74) is 0. The Morgan fingerprint density at radius 2 is 2.06 bits per heavy atom. The van der Waals surface area contributed by atoms with Gasteiger partial charge in [0.2, 0.25) is 11.8 Å². The summed E-state index contributed by atoms with van der Waals surface area (Å²) in [4.78, 5) is 8.60. The lowest BCUT2D eigenvalue weighted by Gasteiger charge is -2.28. The first-order chi connectivity index (χ1) is 8.81. The highest BCUT2D eigenvalue weighted by atomic mass is 16.5. The molecular weight excluding hydrogens is 226 g/mol. The van der Waals surface area contributed by atoms with Crippen LogP contribution in [-0.4, -0.2) is 22.6 Å². The Kier molecular flexibility index (Phi) is 4.79. The van der Waals surface area contributed by atoms with E-state index in [2.05, 4.69) is 22.2 Å². The Morgan fingerprint density at radius 1 is 1.28 bits per heavy atom. The Bertz CT molecular complexity index is 362. The molecule has 0 unspecified atom stereocenters. The van der Waals surface area contributed by atoms with E-state index >= 15 is 0 Å². The SMILES string of the molecule is CCOc1ccnc(NC2CCC(CC)CC2)n1. The molecule has 0 atom stereocenters. The number of ether oxygens (including phenoxy) is 1. The normalized spacial score (nSPS) is 23.7. The quantitative estimate of drug-likeness (QED) is 0.870. The van der Waals surface area contributed by atoms with Crippen molar-refractivity contribution in [2.75, 3.05) is 11.9 Å². The number of nitrogens with one attached hydrogen (secondary N) is 1. The number of hydrogen-bond acceptors (Lipinski definition) is 4. The second-order valence-electron chi connectivity index (χ2n) is 4.92. The third-order valence-corrected chi connectivity index (χ3v) is 3.68. The highest BCUT2D eigenvalue weighted by Gasteiger charge is 2.20. The van der Waals surface area contributed by atoms with Crippen molar-refractivity contribution in [3.05, 3.63) is 12.3 Å². The fourth-order valence-corrected chi connectivity index (χ4v) is 2.54. The highest BCUT2D eigenvalue weighted by molar-refractivity contribution is 5.28. The van der Waals surface area contributed by atoms with Crippen molar-refractivity contribution < 1.29 is 4.74 Å². The third kappa shape index (κ3) is 3.59. The van der Waals surface area contributed by atoms with Crippen LogP contribution in [0.5, 0.6) is 5.88 Å². The van der Waals surface area contributed by atoms with Crippen molar-refractivity contribution in [3.8, 4) is 5.88 Å². The second-order valence-corrected chi connectivity index (χ2v) is 4.92. The molecule has 0 aromatic carbocycles. The Morgan fingerprint density at radius 3 is 2.72 bits per heavy atom. The van der Waals surface area contributed by atoms with Crippen LogP contribution in [0.2, 0.25) is 0 Å². The Labute approximate surface area is 109 Å². The van der Waals surface area contributed by atoms with E-state index in [4.69, 9.17) is 4.74 Å². The predicted octanol–water partition coefficient (Wildman–Crippen LogP) is 3.26. The van der Waals surface area contributed by atoms with Crippen LogP contribution in [0.3, 0.4) is 0 Å². The topological polar surface area (TPSA) is 47.0 Å². The molecule has 0 bridgehead atoms. The largest absolute Gasteiger partial charge is 0.478 e. The van der Waals surface area contributed by atoms with Gasteiger partial charge in [-0.15, -0.1) is 0 Å². The predicted molar refractivity (Wildman–Crippen MR) is 72.9 cm³/mol. The zero-order valence-corrected chi connectivity index (χ0v) is 11.4. The first-order valence-electron chi connectivity index (χ1n) is 7.04. The van der Waals surface area contributed by atoms with Crippen molar-refractivity contribution in [2.24, 2.45) is 5.92 Å². The van der Waals surface area contributed by atoms with Crippen LogP contribution < -0.4 is 10.1 Å². The van der Waals surface area contributed by atoms with Gasteiger partial charge in [-0.1, -0.05) is 13.3 Å². The van der Waals surface area contributed by atoms with Crippen LogP contribution in [0.4, 0.5) is 5.95 Å². The standard InChI is InChI=1S/C14H23N3O/c1-3-11-5-7-12(8-6-11)16-14-15-10-9-13(17-14)18-4-2/h9-12H,3-8H2,1-2H3,(H,15,16,17). The molecule has 1 aromatic rings. The van der Waals surface area contributed by atoms with Crippen molar-refractivity contribution in [1.29, 1.82) is 0 Å². The molecule has 0 spiro atoms. The van der Waals surface area contributed by atoms with E-state index < -0.39 is 0 Å². The van der Waals surface area contributed by atoms with E-state index in [0.29, 0.717) is 24.5 Å². The first-order valence-corrected chi connectivity index (χ1v) is 7.04. The van der Waals surface area contributed by atoms with Crippen LogP contribution in [0.15, 0.2) is 12.3 Å². The van der Waals surface area contributed by atoms with Crippen LogP contribution in [0.1, 0.15) is 46.0 Å². The summed E-state index contributed by atoms with van der Waals surface area (Å²) in [6.07, 6.45) is 8.14. The maximum Gasteiger partial charge on any atom is 0.226 e. The van der Waals surface area contributed by atoms with Crippen LogP contribution in [0.25, 0.3) is 0 Å². The van der Waals surface area contributed by atoms with Gasteiger partial charge in [0.05, 0.1) is 6.61 Å². The van der Waals surface area contributed by atoms with E-state index in [1.807, 2.05) is 6.92 Å². The molecule has 1 saturated carbocycles.